The number of allylic oxidation sites excluding steroid dienone is 3. The van der Waals surface area contributed by atoms with E-state index in [9.17, 15) is 14.8 Å². The third-order valence-electron chi connectivity index (χ3n) is 4.64. The van der Waals surface area contributed by atoms with Crippen molar-refractivity contribution >= 4 is 22.5 Å². The second-order valence-corrected chi connectivity index (χ2v) is 7.33. The first-order chi connectivity index (χ1) is 15.0. The molecule has 2 heterocycles. The van der Waals surface area contributed by atoms with Crippen LogP contribution >= 0.6 is 0 Å². The SMILES string of the molecule is CC/C=C\C(=C/NO)c1cccc(-n2cc(C(=O)NC(C)C)c(=O)c3cccnc32)c1. The lowest BCUT2D eigenvalue weighted by atomic mass is 10.0. The summed E-state index contributed by atoms with van der Waals surface area (Å²) in [5, 5.41) is 12.3. The Bertz CT molecular complexity index is 1210. The summed E-state index contributed by atoms with van der Waals surface area (Å²) in [7, 11) is 0. The summed E-state index contributed by atoms with van der Waals surface area (Å²) in [6.07, 6.45) is 9.39. The third kappa shape index (κ3) is 4.90. The van der Waals surface area contributed by atoms with E-state index in [0.717, 1.165) is 23.2 Å². The second kappa shape index (κ2) is 9.86. The molecule has 0 saturated carbocycles. The number of pyridine rings is 2. The minimum atomic E-state index is -0.424. The lowest BCUT2D eigenvalue weighted by Crippen LogP contribution is -2.34. The topological polar surface area (TPSA) is 96.2 Å². The highest BCUT2D eigenvalue weighted by Gasteiger charge is 2.17. The highest BCUT2D eigenvalue weighted by atomic mass is 16.5. The van der Waals surface area contributed by atoms with E-state index in [1.54, 1.807) is 22.9 Å². The van der Waals surface area contributed by atoms with Crippen LogP contribution in [0.2, 0.25) is 0 Å². The molecule has 3 N–H and O–H groups in total. The van der Waals surface area contributed by atoms with Gasteiger partial charge < -0.3 is 9.88 Å². The number of hydrogen-bond acceptors (Lipinski definition) is 5. The smallest absolute Gasteiger partial charge is 0.256 e. The number of hydroxylamine groups is 1. The molecule has 160 valence electrons. The highest BCUT2D eigenvalue weighted by Crippen LogP contribution is 2.22. The molecule has 31 heavy (non-hydrogen) atoms. The quantitative estimate of drug-likeness (QED) is 0.401. The minimum absolute atomic E-state index is 0.0540. The summed E-state index contributed by atoms with van der Waals surface area (Å²) in [6, 6.07) is 10.8. The third-order valence-corrected chi connectivity index (χ3v) is 4.64. The van der Waals surface area contributed by atoms with Crippen LogP contribution in [0.25, 0.3) is 22.3 Å². The summed E-state index contributed by atoms with van der Waals surface area (Å²) in [6.45, 7) is 5.71. The van der Waals surface area contributed by atoms with E-state index in [1.807, 2.05) is 57.2 Å². The molecule has 0 fully saturated rings. The van der Waals surface area contributed by atoms with E-state index in [4.69, 9.17) is 0 Å². The average molecular weight is 418 g/mol. The Morgan fingerprint density at radius 1 is 1.26 bits per heavy atom. The first kappa shape index (κ1) is 22.0. The molecular weight excluding hydrogens is 392 g/mol. The van der Waals surface area contributed by atoms with Gasteiger partial charge in [-0.15, -0.1) is 0 Å². The van der Waals surface area contributed by atoms with Crippen LogP contribution in [0, 0.1) is 0 Å². The lowest BCUT2D eigenvalue weighted by Gasteiger charge is -2.15. The molecule has 1 aromatic carbocycles. The largest absolute Gasteiger partial charge is 0.350 e. The van der Waals surface area contributed by atoms with E-state index in [-0.39, 0.29) is 17.0 Å². The van der Waals surface area contributed by atoms with Crippen molar-refractivity contribution in [1.82, 2.24) is 20.3 Å². The zero-order valence-electron chi connectivity index (χ0n) is 17.8. The molecule has 3 rings (SSSR count). The van der Waals surface area contributed by atoms with Crippen molar-refractivity contribution in [3.8, 4) is 5.69 Å². The number of fused-ring (bicyclic) bond motifs is 1. The van der Waals surface area contributed by atoms with E-state index in [2.05, 4.69) is 15.8 Å². The number of carbonyl (C=O) groups is 1. The molecule has 0 unspecified atom stereocenters. The van der Waals surface area contributed by atoms with Crippen LogP contribution < -0.4 is 16.2 Å². The number of aromatic nitrogens is 2. The predicted octanol–water partition coefficient (Wildman–Crippen LogP) is 3.81. The fraction of sp³-hybridized carbons (Fsp3) is 0.208. The molecule has 0 saturated heterocycles. The number of benzene rings is 1. The van der Waals surface area contributed by atoms with Crippen molar-refractivity contribution in [3.63, 3.8) is 0 Å². The monoisotopic (exact) mass is 418 g/mol. The standard InChI is InChI=1S/C24H26N4O3/c1-4-5-8-18(14-26-31)17-9-6-10-19(13-17)28-15-21(24(30)27-16(2)3)22(29)20-11-7-12-25-23(20)28/h5-16,26,31H,4H2,1-3H3,(H,27,30)/b8-5-,18-14+. The van der Waals surface area contributed by atoms with Crippen molar-refractivity contribution in [2.45, 2.75) is 33.2 Å². The van der Waals surface area contributed by atoms with Crippen LogP contribution in [0.4, 0.5) is 0 Å². The molecular formula is C24H26N4O3. The normalized spacial score (nSPS) is 12.0. The Balaban J connectivity index is 2.22. The molecule has 0 spiro atoms. The van der Waals surface area contributed by atoms with Gasteiger partial charge in [-0.05, 0) is 55.7 Å². The van der Waals surface area contributed by atoms with Gasteiger partial charge in [0.25, 0.3) is 5.91 Å². The van der Waals surface area contributed by atoms with Crippen molar-refractivity contribution in [2.24, 2.45) is 0 Å². The number of hydrogen-bond donors (Lipinski definition) is 3. The Morgan fingerprint density at radius 2 is 2.06 bits per heavy atom. The van der Waals surface area contributed by atoms with Crippen LogP contribution in [-0.2, 0) is 0 Å². The maximum absolute atomic E-state index is 12.9. The van der Waals surface area contributed by atoms with E-state index >= 15 is 0 Å². The zero-order valence-corrected chi connectivity index (χ0v) is 17.8. The maximum atomic E-state index is 12.9. The summed E-state index contributed by atoms with van der Waals surface area (Å²) >= 11 is 0. The molecule has 0 aliphatic heterocycles. The number of nitrogens with zero attached hydrogens (tertiary/aromatic N) is 2. The van der Waals surface area contributed by atoms with E-state index in [1.165, 1.54) is 12.4 Å². The van der Waals surface area contributed by atoms with Gasteiger partial charge in [-0.3, -0.25) is 20.3 Å². The lowest BCUT2D eigenvalue weighted by molar-refractivity contribution is 0.0941. The first-order valence-corrected chi connectivity index (χ1v) is 10.1. The molecule has 3 aromatic rings. The van der Waals surface area contributed by atoms with E-state index in [0.29, 0.717) is 11.0 Å². The molecule has 0 atom stereocenters. The Hall–Kier alpha value is -3.71. The highest BCUT2D eigenvalue weighted by molar-refractivity contribution is 5.97. The molecule has 0 aliphatic rings. The van der Waals surface area contributed by atoms with Gasteiger partial charge in [0, 0.05) is 30.3 Å². The summed E-state index contributed by atoms with van der Waals surface area (Å²) in [4.78, 5) is 30.0. The molecule has 0 aliphatic carbocycles. The zero-order chi connectivity index (χ0) is 22.4. The van der Waals surface area contributed by atoms with Gasteiger partial charge in [0.05, 0.1) is 5.39 Å². The average Bonchev–Trinajstić information content (AvgIpc) is 2.76. The Labute approximate surface area is 180 Å². The molecule has 7 heteroatoms. The van der Waals surface area contributed by atoms with Gasteiger partial charge in [-0.1, -0.05) is 31.2 Å². The molecule has 7 nitrogen and oxygen atoms in total. The van der Waals surface area contributed by atoms with Gasteiger partial charge in [0.1, 0.15) is 11.2 Å². The molecule has 0 radical (unpaired) electrons. The number of amides is 1. The Kier molecular flexibility index (Phi) is 6.99. The van der Waals surface area contributed by atoms with Crippen LogP contribution in [0.15, 0.2) is 71.9 Å². The van der Waals surface area contributed by atoms with Gasteiger partial charge >= 0.3 is 0 Å². The van der Waals surface area contributed by atoms with Gasteiger partial charge in [-0.2, -0.15) is 0 Å². The fourth-order valence-corrected chi connectivity index (χ4v) is 3.24. The van der Waals surface area contributed by atoms with E-state index < -0.39 is 5.91 Å². The second-order valence-electron chi connectivity index (χ2n) is 7.33. The van der Waals surface area contributed by atoms with Crippen molar-refractivity contribution in [1.29, 1.82) is 0 Å². The Morgan fingerprint density at radius 3 is 2.77 bits per heavy atom. The van der Waals surface area contributed by atoms with Crippen LogP contribution in [0.5, 0.6) is 0 Å². The van der Waals surface area contributed by atoms with Crippen molar-refractivity contribution < 1.29 is 10.0 Å². The first-order valence-electron chi connectivity index (χ1n) is 10.1. The summed E-state index contributed by atoms with van der Waals surface area (Å²) in [5.41, 5.74) is 4.60. The fourth-order valence-electron chi connectivity index (χ4n) is 3.24. The summed E-state index contributed by atoms with van der Waals surface area (Å²) in [5.74, 6) is -0.424. The number of nitrogens with one attached hydrogen (secondary N) is 2. The van der Waals surface area contributed by atoms with Crippen molar-refractivity contribution in [2.75, 3.05) is 0 Å². The summed E-state index contributed by atoms with van der Waals surface area (Å²) < 4.78 is 1.74. The van der Waals surface area contributed by atoms with Crippen LogP contribution in [0.3, 0.4) is 0 Å². The molecule has 2 aromatic heterocycles. The van der Waals surface area contributed by atoms with Crippen LogP contribution in [-0.4, -0.2) is 26.7 Å². The van der Waals surface area contributed by atoms with Crippen LogP contribution in [0.1, 0.15) is 43.1 Å². The minimum Gasteiger partial charge on any atom is -0.350 e. The molecule has 0 bridgehead atoms. The number of carbonyl (C=O) groups excluding carboxylic acids is 1. The van der Waals surface area contributed by atoms with Crippen molar-refractivity contribution in [3.05, 3.63) is 88.5 Å². The number of rotatable bonds is 7. The van der Waals surface area contributed by atoms with Gasteiger partial charge in [0.2, 0.25) is 5.43 Å². The maximum Gasteiger partial charge on any atom is 0.256 e. The molecule has 1 amide bonds. The van der Waals surface area contributed by atoms with Gasteiger partial charge in [-0.25, -0.2) is 4.98 Å². The van der Waals surface area contributed by atoms with Gasteiger partial charge in [0.15, 0.2) is 0 Å². The predicted molar refractivity (Wildman–Crippen MR) is 122 cm³/mol.